The van der Waals surface area contributed by atoms with Crippen molar-refractivity contribution in [2.45, 2.75) is 6.42 Å². The van der Waals surface area contributed by atoms with Gasteiger partial charge in [-0.3, -0.25) is 4.79 Å². The molecular weight excluding hydrogens is 334 g/mol. The van der Waals surface area contributed by atoms with Gasteiger partial charge < -0.3 is 10.5 Å². The summed E-state index contributed by atoms with van der Waals surface area (Å²) >= 11 is 6.12. The quantitative estimate of drug-likeness (QED) is 0.724. The van der Waals surface area contributed by atoms with Gasteiger partial charge in [0.25, 0.3) is 0 Å². The Bertz CT molecular complexity index is 904. The molecule has 3 aromatic carbocycles. The van der Waals surface area contributed by atoms with E-state index in [1.165, 1.54) is 0 Å². The van der Waals surface area contributed by atoms with E-state index in [0.717, 1.165) is 34.4 Å². The van der Waals surface area contributed by atoms with Crippen LogP contribution in [-0.2, 0) is 6.42 Å². The molecule has 0 aromatic heterocycles. The summed E-state index contributed by atoms with van der Waals surface area (Å²) in [6, 6.07) is 21.1. The molecule has 25 heavy (non-hydrogen) atoms. The Morgan fingerprint density at radius 1 is 1.00 bits per heavy atom. The van der Waals surface area contributed by atoms with Crippen molar-refractivity contribution in [1.29, 1.82) is 0 Å². The molecule has 0 fully saturated rings. The molecule has 0 radical (unpaired) electrons. The summed E-state index contributed by atoms with van der Waals surface area (Å²) in [5, 5.41) is 0.687. The van der Waals surface area contributed by atoms with E-state index in [2.05, 4.69) is 6.07 Å². The summed E-state index contributed by atoms with van der Waals surface area (Å²) in [6.45, 7) is 0. The van der Waals surface area contributed by atoms with Crippen molar-refractivity contribution in [3.63, 3.8) is 0 Å². The van der Waals surface area contributed by atoms with E-state index in [4.69, 9.17) is 22.1 Å². The lowest BCUT2D eigenvalue weighted by Crippen LogP contribution is -2.10. The lowest BCUT2D eigenvalue weighted by Gasteiger charge is -2.12. The van der Waals surface area contributed by atoms with Crippen LogP contribution in [0.3, 0.4) is 0 Å². The van der Waals surface area contributed by atoms with Crippen LogP contribution < -0.4 is 10.5 Å². The summed E-state index contributed by atoms with van der Waals surface area (Å²) in [4.78, 5) is 11.2. The van der Waals surface area contributed by atoms with Crippen LogP contribution in [0, 0.1) is 0 Å². The van der Waals surface area contributed by atoms with Gasteiger partial charge >= 0.3 is 0 Å². The fourth-order valence-electron chi connectivity index (χ4n) is 2.77. The molecule has 0 saturated heterocycles. The van der Waals surface area contributed by atoms with E-state index in [-0.39, 0.29) is 0 Å². The van der Waals surface area contributed by atoms with Crippen molar-refractivity contribution in [1.82, 2.24) is 0 Å². The molecule has 0 heterocycles. The largest absolute Gasteiger partial charge is 0.496 e. The number of hydrogen-bond donors (Lipinski definition) is 1. The second kappa shape index (κ2) is 7.41. The number of hydrogen-bond acceptors (Lipinski definition) is 2. The SMILES string of the molecule is COc1ccc(Cc2ccc(C(N)=O)cc2)cc1-c1cccc(Cl)c1. The number of ether oxygens (including phenoxy) is 1. The van der Waals surface area contributed by atoms with Gasteiger partial charge in [0.2, 0.25) is 5.91 Å². The predicted molar refractivity (Wildman–Crippen MR) is 101 cm³/mol. The highest BCUT2D eigenvalue weighted by atomic mass is 35.5. The molecule has 0 aliphatic carbocycles. The fourth-order valence-corrected chi connectivity index (χ4v) is 2.96. The molecule has 0 atom stereocenters. The molecule has 0 saturated carbocycles. The van der Waals surface area contributed by atoms with E-state index in [1.54, 1.807) is 19.2 Å². The van der Waals surface area contributed by atoms with Crippen molar-refractivity contribution in [2.75, 3.05) is 7.11 Å². The first kappa shape index (κ1) is 17.1. The highest BCUT2D eigenvalue weighted by Crippen LogP contribution is 2.32. The summed E-state index contributed by atoms with van der Waals surface area (Å²) < 4.78 is 5.49. The maximum absolute atomic E-state index is 11.2. The van der Waals surface area contributed by atoms with Crippen LogP contribution in [0.5, 0.6) is 5.75 Å². The number of amides is 1. The van der Waals surface area contributed by atoms with Crippen molar-refractivity contribution >= 4 is 17.5 Å². The Balaban J connectivity index is 1.92. The van der Waals surface area contributed by atoms with Crippen LogP contribution in [-0.4, -0.2) is 13.0 Å². The molecule has 3 rings (SSSR count). The monoisotopic (exact) mass is 351 g/mol. The van der Waals surface area contributed by atoms with Gasteiger partial charge in [-0.15, -0.1) is 0 Å². The minimum atomic E-state index is -0.417. The second-order valence-electron chi connectivity index (χ2n) is 5.78. The molecule has 1 amide bonds. The molecule has 0 aliphatic heterocycles. The number of primary amides is 1. The standard InChI is InChI=1S/C21H18ClNO2/c1-25-20-10-7-15(11-14-5-8-16(9-6-14)21(23)24)12-19(20)17-3-2-4-18(22)13-17/h2-10,12-13H,11H2,1H3,(H2,23,24). The maximum Gasteiger partial charge on any atom is 0.248 e. The normalized spacial score (nSPS) is 10.5. The second-order valence-corrected chi connectivity index (χ2v) is 6.22. The Morgan fingerprint density at radius 3 is 2.36 bits per heavy atom. The number of rotatable bonds is 5. The first-order valence-corrected chi connectivity index (χ1v) is 8.26. The molecule has 2 N–H and O–H groups in total. The molecule has 4 heteroatoms. The summed E-state index contributed by atoms with van der Waals surface area (Å²) in [5.74, 6) is 0.384. The molecule has 0 unspecified atom stereocenters. The molecule has 3 aromatic rings. The van der Waals surface area contributed by atoms with Crippen molar-refractivity contribution < 1.29 is 9.53 Å². The molecular formula is C21H18ClNO2. The van der Waals surface area contributed by atoms with E-state index in [1.807, 2.05) is 48.5 Å². The lowest BCUT2D eigenvalue weighted by molar-refractivity contribution is 0.100. The zero-order valence-corrected chi connectivity index (χ0v) is 14.6. The van der Waals surface area contributed by atoms with Crippen LogP contribution >= 0.6 is 11.6 Å². The number of carbonyl (C=O) groups is 1. The molecule has 3 nitrogen and oxygen atoms in total. The molecule has 0 spiro atoms. The topological polar surface area (TPSA) is 52.3 Å². The van der Waals surface area contributed by atoms with Gasteiger partial charge in [0.05, 0.1) is 7.11 Å². The van der Waals surface area contributed by atoms with Crippen LogP contribution in [0.25, 0.3) is 11.1 Å². The number of nitrogens with two attached hydrogens (primary N) is 1. The first-order chi connectivity index (χ1) is 12.1. The highest BCUT2D eigenvalue weighted by molar-refractivity contribution is 6.30. The van der Waals surface area contributed by atoms with E-state index < -0.39 is 5.91 Å². The van der Waals surface area contributed by atoms with Crippen molar-refractivity contribution in [3.8, 4) is 16.9 Å². The van der Waals surface area contributed by atoms with E-state index in [0.29, 0.717) is 10.6 Å². The van der Waals surface area contributed by atoms with Crippen LogP contribution in [0.4, 0.5) is 0 Å². The van der Waals surface area contributed by atoms with Crippen LogP contribution in [0.2, 0.25) is 5.02 Å². The summed E-state index contributed by atoms with van der Waals surface area (Å²) in [6.07, 6.45) is 0.747. The van der Waals surface area contributed by atoms with Gasteiger partial charge in [-0.05, 0) is 59.5 Å². The highest BCUT2D eigenvalue weighted by Gasteiger charge is 2.09. The molecule has 0 bridgehead atoms. The Kier molecular flexibility index (Phi) is 5.05. The third-order valence-electron chi connectivity index (χ3n) is 4.05. The van der Waals surface area contributed by atoms with Gasteiger partial charge in [0, 0.05) is 16.1 Å². The van der Waals surface area contributed by atoms with Gasteiger partial charge in [-0.2, -0.15) is 0 Å². The number of methoxy groups -OCH3 is 1. The van der Waals surface area contributed by atoms with Crippen molar-refractivity contribution in [3.05, 3.63) is 88.4 Å². The molecule has 126 valence electrons. The Morgan fingerprint density at radius 2 is 1.72 bits per heavy atom. The fraction of sp³-hybridized carbons (Fsp3) is 0.0952. The van der Waals surface area contributed by atoms with Gasteiger partial charge in [0.1, 0.15) is 5.75 Å². The zero-order chi connectivity index (χ0) is 17.8. The van der Waals surface area contributed by atoms with Crippen LogP contribution in [0.15, 0.2) is 66.7 Å². The van der Waals surface area contributed by atoms with E-state index in [9.17, 15) is 4.79 Å². The first-order valence-electron chi connectivity index (χ1n) is 7.88. The Hall–Kier alpha value is -2.78. The minimum absolute atomic E-state index is 0.417. The van der Waals surface area contributed by atoms with Crippen molar-refractivity contribution in [2.24, 2.45) is 5.73 Å². The smallest absolute Gasteiger partial charge is 0.248 e. The average Bonchev–Trinajstić information content (AvgIpc) is 2.62. The third kappa shape index (κ3) is 4.01. The molecule has 0 aliphatic rings. The Labute approximate surface area is 152 Å². The number of carbonyl (C=O) groups excluding carboxylic acids is 1. The summed E-state index contributed by atoms with van der Waals surface area (Å²) in [5.41, 5.74) is 10.0. The maximum atomic E-state index is 11.2. The lowest BCUT2D eigenvalue weighted by atomic mass is 9.98. The van der Waals surface area contributed by atoms with Gasteiger partial charge in [-0.1, -0.05) is 41.9 Å². The minimum Gasteiger partial charge on any atom is -0.496 e. The van der Waals surface area contributed by atoms with Gasteiger partial charge in [-0.25, -0.2) is 0 Å². The average molecular weight is 352 g/mol. The number of benzene rings is 3. The summed E-state index contributed by atoms with van der Waals surface area (Å²) in [7, 11) is 1.66. The third-order valence-corrected chi connectivity index (χ3v) is 4.28. The van der Waals surface area contributed by atoms with E-state index >= 15 is 0 Å². The van der Waals surface area contributed by atoms with Gasteiger partial charge in [0.15, 0.2) is 0 Å². The predicted octanol–water partition coefficient (Wildman–Crippen LogP) is 4.71. The van der Waals surface area contributed by atoms with Crippen LogP contribution in [0.1, 0.15) is 21.5 Å². The zero-order valence-electron chi connectivity index (χ0n) is 13.8. The number of halogens is 1.